The normalized spacial score (nSPS) is 17.2. The van der Waals surface area contributed by atoms with Crippen molar-refractivity contribution >= 4 is 11.0 Å². The van der Waals surface area contributed by atoms with E-state index in [2.05, 4.69) is 0 Å². The van der Waals surface area contributed by atoms with Crippen LogP contribution in [0.15, 0.2) is 27.4 Å². The minimum atomic E-state index is -0.417. The van der Waals surface area contributed by atoms with Crippen molar-refractivity contribution in [1.82, 2.24) is 0 Å². The fourth-order valence-electron chi connectivity index (χ4n) is 2.35. The average Bonchev–Trinajstić information content (AvgIpc) is 2.27. The van der Waals surface area contributed by atoms with Gasteiger partial charge in [0.25, 0.3) is 0 Å². The van der Waals surface area contributed by atoms with Gasteiger partial charge in [-0.15, -0.1) is 0 Å². The lowest BCUT2D eigenvalue weighted by atomic mass is 9.93. The Labute approximate surface area is 104 Å². The van der Waals surface area contributed by atoms with Crippen LogP contribution in [0.3, 0.4) is 0 Å². The minimum Gasteiger partial charge on any atom is -0.507 e. The molecule has 0 unspecified atom stereocenters. The van der Waals surface area contributed by atoms with E-state index in [9.17, 15) is 9.90 Å². The van der Waals surface area contributed by atoms with Crippen LogP contribution >= 0.6 is 0 Å². The molecule has 1 aromatic heterocycles. The fraction of sp³-hybridized carbons (Fsp3) is 0.357. The van der Waals surface area contributed by atoms with Crippen LogP contribution in [0.2, 0.25) is 0 Å². The lowest BCUT2D eigenvalue weighted by Crippen LogP contribution is -2.32. The molecule has 0 radical (unpaired) electrons. The van der Waals surface area contributed by atoms with Crippen molar-refractivity contribution in [3.8, 4) is 11.5 Å². The Bertz CT molecular complexity index is 682. The van der Waals surface area contributed by atoms with Gasteiger partial charge < -0.3 is 14.3 Å². The van der Waals surface area contributed by atoms with Crippen molar-refractivity contribution in [3.63, 3.8) is 0 Å². The molecule has 0 amide bonds. The first-order valence-electron chi connectivity index (χ1n) is 5.94. The summed E-state index contributed by atoms with van der Waals surface area (Å²) in [4.78, 5) is 11.3. The van der Waals surface area contributed by atoms with E-state index in [1.807, 2.05) is 13.8 Å². The van der Waals surface area contributed by atoms with Crippen molar-refractivity contribution < 1.29 is 14.3 Å². The summed E-state index contributed by atoms with van der Waals surface area (Å²) in [6.45, 7) is 4.00. The highest BCUT2D eigenvalue weighted by molar-refractivity contribution is 5.88. The molecular formula is C14H14O4. The van der Waals surface area contributed by atoms with Gasteiger partial charge in [-0.1, -0.05) is 0 Å². The van der Waals surface area contributed by atoms with E-state index in [0.717, 1.165) is 18.4 Å². The molecule has 0 bridgehead atoms. The van der Waals surface area contributed by atoms with Crippen molar-refractivity contribution in [1.29, 1.82) is 0 Å². The van der Waals surface area contributed by atoms with Gasteiger partial charge in [-0.25, -0.2) is 4.79 Å². The standard InChI is InChI=1S/C14H14O4/c1-14(2)6-5-9-11(18-14)7-10(15)8-3-4-12(16)17-13(8)9/h3-4,7,15H,5-6H2,1-2H3. The highest BCUT2D eigenvalue weighted by Crippen LogP contribution is 2.40. The van der Waals surface area contributed by atoms with Gasteiger partial charge >= 0.3 is 5.63 Å². The molecule has 1 aromatic carbocycles. The van der Waals surface area contributed by atoms with Crippen molar-refractivity contribution in [3.05, 3.63) is 34.2 Å². The van der Waals surface area contributed by atoms with E-state index in [4.69, 9.17) is 9.15 Å². The molecule has 1 aliphatic heterocycles. The molecule has 0 saturated carbocycles. The second-order valence-corrected chi connectivity index (χ2v) is 5.23. The number of benzene rings is 1. The zero-order valence-electron chi connectivity index (χ0n) is 10.3. The SMILES string of the molecule is CC1(C)CCc2c(cc(O)c3ccc(=O)oc23)O1. The number of hydrogen-bond acceptors (Lipinski definition) is 4. The van der Waals surface area contributed by atoms with Gasteiger partial charge in [-0.3, -0.25) is 0 Å². The van der Waals surface area contributed by atoms with E-state index >= 15 is 0 Å². The lowest BCUT2D eigenvalue weighted by molar-refractivity contribution is 0.0846. The molecule has 0 aliphatic carbocycles. The van der Waals surface area contributed by atoms with Crippen LogP contribution in [0.25, 0.3) is 11.0 Å². The maximum atomic E-state index is 11.3. The predicted molar refractivity (Wildman–Crippen MR) is 67.2 cm³/mol. The predicted octanol–water partition coefficient (Wildman–Crippen LogP) is 2.60. The topological polar surface area (TPSA) is 59.7 Å². The Morgan fingerprint density at radius 2 is 2.11 bits per heavy atom. The van der Waals surface area contributed by atoms with Crippen LogP contribution in [0, 0.1) is 0 Å². The minimum absolute atomic E-state index is 0.0743. The molecule has 1 N–H and O–H groups in total. The number of phenols is 1. The molecule has 0 spiro atoms. The third-order valence-corrected chi connectivity index (χ3v) is 3.31. The van der Waals surface area contributed by atoms with Crippen LogP contribution in [0.5, 0.6) is 11.5 Å². The summed E-state index contributed by atoms with van der Waals surface area (Å²) in [5, 5.41) is 10.5. The molecule has 4 heteroatoms. The largest absolute Gasteiger partial charge is 0.507 e. The maximum absolute atomic E-state index is 11.3. The Morgan fingerprint density at radius 1 is 1.33 bits per heavy atom. The van der Waals surface area contributed by atoms with Crippen LogP contribution in [-0.2, 0) is 6.42 Å². The molecule has 18 heavy (non-hydrogen) atoms. The number of phenolic OH excluding ortho intramolecular Hbond substituents is 1. The number of fused-ring (bicyclic) bond motifs is 3. The zero-order chi connectivity index (χ0) is 12.9. The average molecular weight is 246 g/mol. The monoisotopic (exact) mass is 246 g/mol. The first-order chi connectivity index (χ1) is 8.46. The summed E-state index contributed by atoms with van der Waals surface area (Å²) in [6.07, 6.45) is 1.62. The summed E-state index contributed by atoms with van der Waals surface area (Å²) in [7, 11) is 0. The highest BCUT2D eigenvalue weighted by Gasteiger charge is 2.29. The van der Waals surface area contributed by atoms with Gasteiger partial charge in [0.05, 0.1) is 5.39 Å². The van der Waals surface area contributed by atoms with E-state index in [0.29, 0.717) is 16.7 Å². The van der Waals surface area contributed by atoms with Gasteiger partial charge in [0.15, 0.2) is 0 Å². The third kappa shape index (κ3) is 1.65. The summed E-state index contributed by atoms with van der Waals surface area (Å²) >= 11 is 0. The van der Waals surface area contributed by atoms with Crippen molar-refractivity contribution in [2.75, 3.05) is 0 Å². The first kappa shape index (κ1) is 11.1. The fourth-order valence-corrected chi connectivity index (χ4v) is 2.35. The van der Waals surface area contributed by atoms with Crippen LogP contribution in [-0.4, -0.2) is 10.7 Å². The Hall–Kier alpha value is -1.97. The Morgan fingerprint density at radius 3 is 2.89 bits per heavy atom. The lowest BCUT2D eigenvalue weighted by Gasteiger charge is -2.32. The Kier molecular flexibility index (Phi) is 2.17. The molecular weight excluding hydrogens is 232 g/mol. The summed E-state index contributed by atoms with van der Waals surface area (Å²) in [6, 6.07) is 4.48. The van der Waals surface area contributed by atoms with Gasteiger partial charge in [-0.05, 0) is 32.8 Å². The third-order valence-electron chi connectivity index (χ3n) is 3.31. The number of rotatable bonds is 0. The first-order valence-corrected chi connectivity index (χ1v) is 5.94. The number of aromatic hydroxyl groups is 1. The maximum Gasteiger partial charge on any atom is 0.336 e. The summed E-state index contributed by atoms with van der Waals surface area (Å²) in [5.41, 5.74) is 0.621. The van der Waals surface area contributed by atoms with Gasteiger partial charge in [0.2, 0.25) is 0 Å². The second-order valence-electron chi connectivity index (χ2n) is 5.23. The van der Waals surface area contributed by atoms with Crippen molar-refractivity contribution in [2.45, 2.75) is 32.3 Å². The van der Waals surface area contributed by atoms with E-state index in [1.165, 1.54) is 6.07 Å². The van der Waals surface area contributed by atoms with Gasteiger partial charge in [0.1, 0.15) is 22.7 Å². The van der Waals surface area contributed by atoms with Crippen molar-refractivity contribution in [2.24, 2.45) is 0 Å². The molecule has 94 valence electrons. The quantitative estimate of drug-likeness (QED) is 0.726. The number of hydrogen-bond donors (Lipinski definition) is 1. The van der Waals surface area contributed by atoms with Crippen LogP contribution < -0.4 is 10.4 Å². The molecule has 0 fully saturated rings. The Balaban J connectivity index is 2.33. The number of aryl methyl sites for hydroxylation is 1. The smallest absolute Gasteiger partial charge is 0.336 e. The van der Waals surface area contributed by atoms with E-state index in [1.54, 1.807) is 12.1 Å². The molecule has 1 aliphatic rings. The highest BCUT2D eigenvalue weighted by atomic mass is 16.5. The van der Waals surface area contributed by atoms with E-state index < -0.39 is 5.63 Å². The van der Waals surface area contributed by atoms with Crippen LogP contribution in [0.4, 0.5) is 0 Å². The molecule has 0 atom stereocenters. The zero-order valence-corrected chi connectivity index (χ0v) is 10.3. The summed E-state index contributed by atoms with van der Waals surface area (Å²) in [5.74, 6) is 0.677. The van der Waals surface area contributed by atoms with Gasteiger partial charge in [-0.2, -0.15) is 0 Å². The summed E-state index contributed by atoms with van der Waals surface area (Å²) < 4.78 is 11.0. The molecule has 0 saturated heterocycles. The van der Waals surface area contributed by atoms with Gasteiger partial charge in [0, 0.05) is 17.7 Å². The molecule has 4 nitrogen and oxygen atoms in total. The second kappa shape index (κ2) is 3.51. The molecule has 2 heterocycles. The number of ether oxygens (including phenoxy) is 1. The molecule has 2 aromatic rings. The van der Waals surface area contributed by atoms with Crippen LogP contribution in [0.1, 0.15) is 25.8 Å². The molecule has 3 rings (SSSR count). The van der Waals surface area contributed by atoms with E-state index in [-0.39, 0.29) is 11.4 Å².